The Labute approximate surface area is 202 Å². The second-order valence-electron chi connectivity index (χ2n) is 9.02. The Hall–Kier alpha value is -4.08. The molecule has 1 saturated heterocycles. The molecule has 0 unspecified atom stereocenters. The maximum atomic E-state index is 9.54. The van der Waals surface area contributed by atoms with Gasteiger partial charge in [0.1, 0.15) is 0 Å². The zero-order chi connectivity index (χ0) is 23.9. The lowest BCUT2D eigenvalue weighted by atomic mass is 10.1. The van der Waals surface area contributed by atoms with Crippen LogP contribution >= 0.6 is 0 Å². The summed E-state index contributed by atoms with van der Waals surface area (Å²) < 4.78 is 3.91. The number of nitrogens with zero attached hydrogens (tertiary/aromatic N) is 7. The monoisotopic (exact) mass is 466 g/mol. The molecular weight excluding hydrogens is 440 g/mol. The highest BCUT2D eigenvalue weighted by atomic mass is 16.3. The third kappa shape index (κ3) is 4.16. The number of anilines is 2. The predicted octanol–water partition coefficient (Wildman–Crippen LogP) is 3.44. The molecule has 0 amide bonds. The standard InChI is InChI=1S/C26H26N8O/c1-17-19(12-33-14-21(35)15-33)13-34(31-17)25-7-9-28-26(30-25)29-20-5-6-24-22(10-20)23(16-32(24)2)18-4-3-8-27-11-18/h3-11,13,16,21,35H,12,14-15H2,1-2H3,(H,28,29,30). The van der Waals surface area contributed by atoms with Gasteiger partial charge in [0.05, 0.1) is 11.8 Å². The van der Waals surface area contributed by atoms with Gasteiger partial charge in [0.2, 0.25) is 5.95 Å². The molecule has 0 radical (unpaired) electrons. The Kier molecular flexibility index (Phi) is 5.28. The number of rotatable bonds is 6. The second kappa shape index (κ2) is 8.61. The van der Waals surface area contributed by atoms with E-state index in [-0.39, 0.29) is 6.10 Å². The summed E-state index contributed by atoms with van der Waals surface area (Å²) in [5, 5.41) is 18.7. The summed E-state index contributed by atoms with van der Waals surface area (Å²) >= 11 is 0. The fraction of sp³-hybridized carbons (Fsp3) is 0.231. The van der Waals surface area contributed by atoms with Gasteiger partial charge in [-0.05, 0) is 31.2 Å². The van der Waals surface area contributed by atoms with Gasteiger partial charge in [-0.25, -0.2) is 9.67 Å². The molecule has 35 heavy (non-hydrogen) atoms. The van der Waals surface area contributed by atoms with E-state index in [4.69, 9.17) is 4.98 Å². The summed E-state index contributed by atoms with van der Waals surface area (Å²) in [6, 6.07) is 12.1. The fourth-order valence-electron chi connectivity index (χ4n) is 4.57. The van der Waals surface area contributed by atoms with Crippen LogP contribution in [-0.2, 0) is 13.6 Å². The van der Waals surface area contributed by atoms with E-state index in [1.165, 1.54) is 0 Å². The summed E-state index contributed by atoms with van der Waals surface area (Å²) in [4.78, 5) is 15.6. The maximum absolute atomic E-state index is 9.54. The largest absolute Gasteiger partial charge is 0.390 e. The minimum Gasteiger partial charge on any atom is -0.390 e. The molecule has 0 aliphatic carbocycles. The van der Waals surface area contributed by atoms with Crippen LogP contribution in [0.2, 0.25) is 0 Å². The number of likely N-dealkylation sites (tertiary alicyclic amines) is 1. The van der Waals surface area contributed by atoms with Crippen molar-refractivity contribution in [3.63, 3.8) is 0 Å². The SMILES string of the molecule is Cc1nn(-c2ccnc(Nc3ccc4c(c3)c(-c3cccnc3)cn4C)n2)cc1CN1CC(O)C1. The molecule has 0 spiro atoms. The molecule has 1 aromatic carbocycles. The van der Waals surface area contributed by atoms with Crippen molar-refractivity contribution in [2.75, 3.05) is 18.4 Å². The van der Waals surface area contributed by atoms with Gasteiger partial charge < -0.3 is 15.0 Å². The lowest BCUT2D eigenvalue weighted by molar-refractivity contribution is -0.00297. The van der Waals surface area contributed by atoms with Crippen LogP contribution in [0.15, 0.2) is 67.4 Å². The summed E-state index contributed by atoms with van der Waals surface area (Å²) in [5.74, 6) is 1.19. The second-order valence-corrected chi connectivity index (χ2v) is 9.02. The van der Waals surface area contributed by atoms with E-state index in [0.29, 0.717) is 24.9 Å². The Morgan fingerprint density at radius 2 is 2.00 bits per heavy atom. The van der Waals surface area contributed by atoms with Crippen LogP contribution in [0.1, 0.15) is 11.3 Å². The molecule has 4 aromatic heterocycles. The highest BCUT2D eigenvalue weighted by molar-refractivity contribution is 5.98. The number of pyridine rings is 1. The van der Waals surface area contributed by atoms with Gasteiger partial charge in [0, 0.05) is 97.0 Å². The van der Waals surface area contributed by atoms with E-state index in [1.54, 1.807) is 17.1 Å². The lowest BCUT2D eigenvalue weighted by Gasteiger charge is -2.35. The molecule has 1 aliphatic heterocycles. The van der Waals surface area contributed by atoms with Crippen molar-refractivity contribution in [2.24, 2.45) is 7.05 Å². The summed E-state index contributed by atoms with van der Waals surface area (Å²) in [6.45, 7) is 4.19. The zero-order valence-electron chi connectivity index (χ0n) is 19.6. The van der Waals surface area contributed by atoms with Crippen molar-refractivity contribution in [3.8, 4) is 16.9 Å². The van der Waals surface area contributed by atoms with Gasteiger partial charge in [-0.3, -0.25) is 9.88 Å². The van der Waals surface area contributed by atoms with E-state index in [1.807, 2.05) is 44.6 Å². The molecule has 5 heterocycles. The first-order chi connectivity index (χ1) is 17.0. The zero-order valence-corrected chi connectivity index (χ0v) is 19.6. The van der Waals surface area contributed by atoms with Crippen molar-refractivity contribution in [2.45, 2.75) is 19.6 Å². The Bertz CT molecular complexity index is 1500. The van der Waals surface area contributed by atoms with Gasteiger partial charge >= 0.3 is 0 Å². The Balaban J connectivity index is 1.27. The van der Waals surface area contributed by atoms with Crippen LogP contribution in [0.4, 0.5) is 11.6 Å². The number of aryl methyl sites for hydroxylation is 2. The molecule has 1 fully saturated rings. The van der Waals surface area contributed by atoms with E-state index in [0.717, 1.165) is 45.5 Å². The fourth-order valence-corrected chi connectivity index (χ4v) is 4.57. The highest BCUT2D eigenvalue weighted by Crippen LogP contribution is 2.32. The summed E-state index contributed by atoms with van der Waals surface area (Å²) in [6.07, 6.45) is 9.31. The van der Waals surface area contributed by atoms with Gasteiger partial charge in [-0.1, -0.05) is 6.07 Å². The number of hydrogen-bond donors (Lipinski definition) is 2. The van der Waals surface area contributed by atoms with E-state index in [2.05, 4.69) is 54.2 Å². The molecule has 176 valence electrons. The van der Waals surface area contributed by atoms with Crippen LogP contribution in [0, 0.1) is 6.92 Å². The first-order valence-electron chi connectivity index (χ1n) is 11.6. The third-order valence-corrected chi connectivity index (χ3v) is 6.43. The smallest absolute Gasteiger partial charge is 0.229 e. The molecule has 6 rings (SSSR count). The van der Waals surface area contributed by atoms with Gasteiger partial charge in [-0.2, -0.15) is 10.1 Å². The number of aromatic nitrogens is 6. The number of aliphatic hydroxyl groups excluding tert-OH is 1. The minimum absolute atomic E-state index is 0.212. The van der Waals surface area contributed by atoms with Crippen molar-refractivity contribution in [3.05, 3.63) is 78.6 Å². The average Bonchev–Trinajstić information content (AvgIpc) is 3.38. The van der Waals surface area contributed by atoms with Crippen molar-refractivity contribution in [1.29, 1.82) is 0 Å². The van der Waals surface area contributed by atoms with Crippen LogP contribution in [-0.4, -0.2) is 58.5 Å². The molecule has 9 heteroatoms. The molecule has 1 aliphatic rings. The van der Waals surface area contributed by atoms with E-state index < -0.39 is 0 Å². The number of fused-ring (bicyclic) bond motifs is 1. The van der Waals surface area contributed by atoms with Crippen molar-refractivity contribution >= 4 is 22.5 Å². The summed E-state index contributed by atoms with van der Waals surface area (Å²) in [5.41, 5.74) is 6.33. The van der Waals surface area contributed by atoms with E-state index in [9.17, 15) is 5.11 Å². The van der Waals surface area contributed by atoms with Crippen LogP contribution in [0.5, 0.6) is 0 Å². The number of benzene rings is 1. The third-order valence-electron chi connectivity index (χ3n) is 6.43. The normalized spacial score (nSPS) is 14.4. The van der Waals surface area contributed by atoms with Gasteiger partial charge in [0.25, 0.3) is 0 Å². The maximum Gasteiger partial charge on any atom is 0.229 e. The molecule has 0 bridgehead atoms. The average molecular weight is 467 g/mol. The van der Waals surface area contributed by atoms with Crippen molar-refractivity contribution in [1.82, 2.24) is 34.2 Å². The summed E-state index contributed by atoms with van der Waals surface area (Å²) in [7, 11) is 2.05. The molecule has 0 saturated carbocycles. The number of nitrogens with one attached hydrogen (secondary N) is 1. The number of aliphatic hydroxyl groups is 1. The Morgan fingerprint density at radius 3 is 2.80 bits per heavy atom. The van der Waals surface area contributed by atoms with Gasteiger partial charge in [-0.15, -0.1) is 0 Å². The molecule has 2 N–H and O–H groups in total. The topological polar surface area (TPSA) is 96.9 Å². The van der Waals surface area contributed by atoms with Crippen LogP contribution in [0.25, 0.3) is 27.8 Å². The first-order valence-corrected chi connectivity index (χ1v) is 11.6. The Morgan fingerprint density at radius 1 is 1.11 bits per heavy atom. The van der Waals surface area contributed by atoms with Crippen molar-refractivity contribution < 1.29 is 5.11 Å². The van der Waals surface area contributed by atoms with Crippen LogP contribution < -0.4 is 5.32 Å². The van der Waals surface area contributed by atoms with Crippen LogP contribution in [0.3, 0.4) is 0 Å². The first kappa shape index (κ1) is 21.5. The quantitative estimate of drug-likeness (QED) is 0.396. The molecule has 0 atom stereocenters. The molecule has 9 nitrogen and oxygen atoms in total. The number of hydrogen-bond acceptors (Lipinski definition) is 7. The van der Waals surface area contributed by atoms with E-state index >= 15 is 0 Å². The highest BCUT2D eigenvalue weighted by Gasteiger charge is 2.25. The minimum atomic E-state index is -0.212. The molecular formula is C26H26N8O. The molecule has 5 aromatic rings. The number of β-amino-alcohol motifs (C(OH)–C–C–N with tert-alkyl or cyclic N) is 1. The van der Waals surface area contributed by atoms with Gasteiger partial charge in [0.15, 0.2) is 5.82 Å². The predicted molar refractivity (Wildman–Crippen MR) is 135 cm³/mol. The lowest BCUT2D eigenvalue weighted by Crippen LogP contribution is -2.49.